The van der Waals surface area contributed by atoms with Crippen LogP contribution in [0.25, 0.3) is 0 Å². The van der Waals surface area contributed by atoms with Crippen LogP contribution in [0.3, 0.4) is 0 Å². The Kier molecular flexibility index (Phi) is 5.74. The monoisotopic (exact) mass is 373 g/mol. The third-order valence-corrected chi connectivity index (χ3v) is 5.88. The first-order chi connectivity index (χ1) is 12.5. The van der Waals surface area contributed by atoms with E-state index in [0.29, 0.717) is 28.8 Å². The minimum Gasteiger partial charge on any atom is -0.462 e. The summed E-state index contributed by atoms with van der Waals surface area (Å²) in [4.78, 5) is 27.8. The molecular weight excluding hydrogens is 348 g/mol. The van der Waals surface area contributed by atoms with Crippen LogP contribution in [-0.4, -0.2) is 31.1 Å². The molecule has 0 aliphatic carbocycles. The molecule has 1 aliphatic heterocycles. The van der Waals surface area contributed by atoms with Gasteiger partial charge in [0.2, 0.25) is 0 Å². The normalized spacial score (nSPS) is 16.2. The predicted molar refractivity (Wildman–Crippen MR) is 103 cm³/mol. The van der Waals surface area contributed by atoms with E-state index in [-0.39, 0.29) is 11.9 Å². The Morgan fingerprint density at radius 2 is 2.00 bits per heavy atom. The van der Waals surface area contributed by atoms with Crippen LogP contribution in [0.4, 0.5) is 5.00 Å². The molecule has 2 aromatic rings. The Balaban J connectivity index is 1.93. The number of hydrogen-bond donors (Lipinski definition) is 2. The number of amides is 1. The van der Waals surface area contributed by atoms with Gasteiger partial charge in [-0.05, 0) is 38.5 Å². The predicted octanol–water partition coefficient (Wildman–Crippen LogP) is 2.53. The van der Waals surface area contributed by atoms with Crippen LogP contribution in [0.1, 0.15) is 51.9 Å². The number of benzene rings is 1. The molecule has 0 fully saturated rings. The van der Waals surface area contributed by atoms with Crippen LogP contribution in [0.5, 0.6) is 0 Å². The van der Waals surface area contributed by atoms with Gasteiger partial charge in [0.05, 0.1) is 29.6 Å². The standard InChI is InChI=1S/C20H24N2O3S/c1-4-25-20(24)17-15-10-11-22(13(2)3)12-16(15)26-19(17)21-18(23)14-8-6-5-7-9-14/h5-9,13H,4,10-12H2,1-3H3,(H,21,23)/p+1. The van der Waals surface area contributed by atoms with Gasteiger partial charge in [0.15, 0.2) is 0 Å². The molecule has 0 saturated heterocycles. The van der Waals surface area contributed by atoms with Crippen molar-refractivity contribution in [2.75, 3.05) is 18.5 Å². The van der Waals surface area contributed by atoms with Gasteiger partial charge in [-0.2, -0.15) is 0 Å². The lowest BCUT2D eigenvalue weighted by atomic mass is 10.0. The van der Waals surface area contributed by atoms with Crippen molar-refractivity contribution in [2.45, 2.75) is 39.8 Å². The minimum absolute atomic E-state index is 0.206. The molecule has 3 rings (SSSR count). The van der Waals surface area contributed by atoms with E-state index in [4.69, 9.17) is 4.74 Å². The molecule has 1 aliphatic rings. The van der Waals surface area contributed by atoms with Crippen LogP contribution in [0.2, 0.25) is 0 Å². The molecule has 1 aromatic carbocycles. The molecule has 1 amide bonds. The van der Waals surface area contributed by atoms with Gasteiger partial charge < -0.3 is 15.0 Å². The van der Waals surface area contributed by atoms with Crippen LogP contribution in [0.15, 0.2) is 30.3 Å². The summed E-state index contributed by atoms with van der Waals surface area (Å²) in [5.41, 5.74) is 2.16. The highest BCUT2D eigenvalue weighted by molar-refractivity contribution is 7.17. The van der Waals surface area contributed by atoms with E-state index in [1.54, 1.807) is 19.1 Å². The van der Waals surface area contributed by atoms with Crippen molar-refractivity contribution in [1.82, 2.24) is 0 Å². The zero-order valence-corrected chi connectivity index (χ0v) is 16.2. The van der Waals surface area contributed by atoms with Gasteiger partial charge in [0.1, 0.15) is 11.5 Å². The van der Waals surface area contributed by atoms with Crippen molar-refractivity contribution < 1.29 is 19.2 Å². The van der Waals surface area contributed by atoms with Crippen molar-refractivity contribution in [3.8, 4) is 0 Å². The van der Waals surface area contributed by atoms with E-state index >= 15 is 0 Å². The molecule has 138 valence electrons. The third-order valence-electron chi connectivity index (χ3n) is 4.73. The van der Waals surface area contributed by atoms with Crippen molar-refractivity contribution in [1.29, 1.82) is 0 Å². The SMILES string of the molecule is CCOC(=O)c1c(NC(=O)c2ccccc2)sc2c1CC[NH+](C(C)C)C2. The number of anilines is 1. The maximum atomic E-state index is 12.6. The maximum absolute atomic E-state index is 12.6. The van der Waals surface area contributed by atoms with Gasteiger partial charge in [0.25, 0.3) is 5.91 Å². The maximum Gasteiger partial charge on any atom is 0.341 e. The number of rotatable bonds is 5. The molecule has 0 spiro atoms. The molecule has 1 aromatic heterocycles. The van der Waals surface area contributed by atoms with Gasteiger partial charge >= 0.3 is 5.97 Å². The fourth-order valence-corrected chi connectivity index (χ4v) is 4.55. The summed E-state index contributed by atoms with van der Waals surface area (Å²) in [6.07, 6.45) is 0.828. The molecule has 26 heavy (non-hydrogen) atoms. The highest BCUT2D eigenvalue weighted by Gasteiger charge is 2.32. The quantitative estimate of drug-likeness (QED) is 0.792. The van der Waals surface area contributed by atoms with Gasteiger partial charge in [-0.1, -0.05) is 18.2 Å². The number of carbonyl (C=O) groups excluding carboxylic acids is 2. The molecule has 5 nitrogen and oxygen atoms in total. The number of quaternary nitrogens is 1. The van der Waals surface area contributed by atoms with Crippen LogP contribution in [-0.2, 0) is 17.7 Å². The molecule has 0 radical (unpaired) electrons. The van der Waals surface area contributed by atoms with Crippen LogP contribution < -0.4 is 10.2 Å². The molecule has 0 bridgehead atoms. The number of carbonyl (C=O) groups is 2. The lowest BCUT2D eigenvalue weighted by Crippen LogP contribution is -3.14. The molecule has 2 heterocycles. The average molecular weight is 373 g/mol. The van der Waals surface area contributed by atoms with Crippen molar-refractivity contribution in [2.24, 2.45) is 0 Å². The number of nitrogens with one attached hydrogen (secondary N) is 2. The zero-order valence-electron chi connectivity index (χ0n) is 15.4. The number of thiophene rings is 1. The molecule has 2 N–H and O–H groups in total. The van der Waals surface area contributed by atoms with E-state index < -0.39 is 0 Å². The number of hydrogen-bond acceptors (Lipinski definition) is 4. The number of esters is 1. The van der Waals surface area contributed by atoms with E-state index in [0.717, 1.165) is 25.1 Å². The molecule has 6 heteroatoms. The van der Waals surface area contributed by atoms with E-state index in [1.807, 2.05) is 18.2 Å². The van der Waals surface area contributed by atoms with Crippen molar-refractivity contribution >= 4 is 28.2 Å². The number of ether oxygens (including phenoxy) is 1. The highest BCUT2D eigenvalue weighted by Crippen LogP contribution is 2.35. The first-order valence-corrected chi connectivity index (χ1v) is 9.85. The first kappa shape index (κ1) is 18.6. The Morgan fingerprint density at radius 1 is 1.27 bits per heavy atom. The van der Waals surface area contributed by atoms with Crippen molar-refractivity contribution in [3.63, 3.8) is 0 Å². The Hall–Kier alpha value is -2.18. The lowest BCUT2D eigenvalue weighted by Gasteiger charge is -2.27. The summed E-state index contributed by atoms with van der Waals surface area (Å²) in [6.45, 7) is 8.39. The van der Waals surface area contributed by atoms with Gasteiger partial charge in [-0.15, -0.1) is 11.3 Å². The molecule has 0 saturated carbocycles. The molecule has 1 atom stereocenters. The van der Waals surface area contributed by atoms with Gasteiger partial charge in [0, 0.05) is 12.0 Å². The summed E-state index contributed by atoms with van der Waals surface area (Å²) < 4.78 is 5.26. The van der Waals surface area contributed by atoms with E-state index in [1.165, 1.54) is 21.1 Å². The second kappa shape index (κ2) is 8.01. The smallest absolute Gasteiger partial charge is 0.341 e. The second-order valence-corrected chi connectivity index (χ2v) is 7.84. The molecular formula is C20H25N2O3S+. The fraction of sp³-hybridized carbons (Fsp3) is 0.400. The van der Waals surface area contributed by atoms with E-state index in [9.17, 15) is 9.59 Å². The summed E-state index contributed by atoms with van der Waals surface area (Å²) in [5, 5.41) is 3.54. The van der Waals surface area contributed by atoms with E-state index in [2.05, 4.69) is 19.2 Å². The number of fused-ring (bicyclic) bond motifs is 1. The second-order valence-electron chi connectivity index (χ2n) is 6.74. The fourth-order valence-electron chi connectivity index (χ4n) is 3.26. The minimum atomic E-state index is -0.346. The summed E-state index contributed by atoms with van der Waals surface area (Å²) in [6, 6.07) is 9.57. The lowest BCUT2D eigenvalue weighted by molar-refractivity contribution is -0.936. The van der Waals surface area contributed by atoms with Gasteiger partial charge in [-0.25, -0.2) is 4.79 Å². The topological polar surface area (TPSA) is 59.8 Å². The third kappa shape index (κ3) is 3.81. The van der Waals surface area contributed by atoms with Crippen molar-refractivity contribution in [3.05, 3.63) is 51.9 Å². The summed E-state index contributed by atoms with van der Waals surface area (Å²) >= 11 is 1.51. The largest absolute Gasteiger partial charge is 0.462 e. The summed E-state index contributed by atoms with van der Waals surface area (Å²) in [7, 11) is 0. The Morgan fingerprint density at radius 3 is 2.65 bits per heavy atom. The summed E-state index contributed by atoms with van der Waals surface area (Å²) in [5.74, 6) is -0.552. The first-order valence-electron chi connectivity index (χ1n) is 9.03. The zero-order chi connectivity index (χ0) is 18.7. The average Bonchev–Trinajstić information content (AvgIpc) is 2.99. The Labute approximate surface area is 158 Å². The van der Waals surface area contributed by atoms with Gasteiger partial charge in [-0.3, -0.25) is 4.79 Å². The van der Waals surface area contributed by atoms with Crippen LogP contribution in [0, 0.1) is 0 Å². The van der Waals surface area contributed by atoms with Crippen LogP contribution >= 0.6 is 11.3 Å². The Bertz CT molecular complexity index is 799. The molecule has 1 unspecified atom stereocenters. The highest BCUT2D eigenvalue weighted by atomic mass is 32.1.